The SMILES string of the molecule is Cc1nnc(NS(=O)(=O)c2ccc(CC(=O)O)s2)o1. The van der Waals surface area contributed by atoms with Crippen molar-refractivity contribution in [3.05, 3.63) is 22.9 Å². The van der Waals surface area contributed by atoms with Gasteiger partial charge in [0.15, 0.2) is 0 Å². The van der Waals surface area contributed by atoms with Crippen molar-refractivity contribution >= 4 is 33.3 Å². The molecule has 2 aromatic heterocycles. The summed E-state index contributed by atoms with van der Waals surface area (Å²) in [4.78, 5) is 11.0. The third-order valence-corrected chi connectivity index (χ3v) is 4.87. The molecule has 2 aromatic rings. The lowest BCUT2D eigenvalue weighted by molar-refractivity contribution is -0.136. The van der Waals surface area contributed by atoms with Crippen LogP contribution >= 0.6 is 11.3 Å². The Kier molecular flexibility index (Phi) is 3.53. The zero-order chi connectivity index (χ0) is 14.0. The van der Waals surface area contributed by atoms with E-state index in [4.69, 9.17) is 9.52 Å². The van der Waals surface area contributed by atoms with E-state index in [1.54, 1.807) is 0 Å². The maximum absolute atomic E-state index is 11.9. The first-order chi connectivity index (χ1) is 8.87. The molecule has 0 aliphatic carbocycles. The monoisotopic (exact) mass is 303 g/mol. The van der Waals surface area contributed by atoms with Gasteiger partial charge in [-0.2, -0.15) is 0 Å². The van der Waals surface area contributed by atoms with E-state index in [1.807, 2.05) is 0 Å². The summed E-state index contributed by atoms with van der Waals surface area (Å²) in [5.41, 5.74) is 0. The van der Waals surface area contributed by atoms with Crippen LogP contribution in [0.25, 0.3) is 0 Å². The fourth-order valence-corrected chi connectivity index (χ4v) is 3.52. The minimum absolute atomic E-state index is 0.0143. The molecular formula is C9H9N3O5S2. The summed E-state index contributed by atoms with van der Waals surface area (Å²) in [5, 5.41) is 15.6. The van der Waals surface area contributed by atoms with Crippen LogP contribution in [0, 0.1) is 6.92 Å². The minimum Gasteiger partial charge on any atom is -0.481 e. The molecule has 2 N–H and O–H groups in total. The summed E-state index contributed by atoms with van der Waals surface area (Å²) < 4.78 is 30.9. The summed E-state index contributed by atoms with van der Waals surface area (Å²) >= 11 is 0.873. The first-order valence-corrected chi connectivity index (χ1v) is 7.30. The van der Waals surface area contributed by atoms with Crippen LogP contribution in [0.15, 0.2) is 20.8 Å². The maximum atomic E-state index is 11.9. The number of thiophene rings is 1. The van der Waals surface area contributed by atoms with Crippen LogP contribution in [-0.4, -0.2) is 29.7 Å². The molecule has 2 rings (SSSR count). The molecule has 0 aromatic carbocycles. The predicted molar refractivity (Wildman–Crippen MR) is 65.5 cm³/mol. The largest absolute Gasteiger partial charge is 0.481 e. The minimum atomic E-state index is -3.84. The smallest absolute Gasteiger partial charge is 0.329 e. The number of aromatic nitrogens is 2. The zero-order valence-electron chi connectivity index (χ0n) is 9.65. The molecule has 0 bridgehead atoms. The van der Waals surface area contributed by atoms with Gasteiger partial charge in [0, 0.05) is 11.8 Å². The van der Waals surface area contributed by atoms with E-state index in [1.165, 1.54) is 19.1 Å². The van der Waals surface area contributed by atoms with Crippen molar-refractivity contribution in [3.8, 4) is 0 Å². The van der Waals surface area contributed by atoms with E-state index in [-0.39, 0.29) is 22.5 Å². The number of carbonyl (C=O) groups is 1. The van der Waals surface area contributed by atoms with Crippen molar-refractivity contribution < 1.29 is 22.7 Å². The highest BCUT2D eigenvalue weighted by atomic mass is 32.2. The zero-order valence-corrected chi connectivity index (χ0v) is 11.3. The Bertz CT molecular complexity index is 703. The van der Waals surface area contributed by atoms with Crippen LogP contribution in [0.3, 0.4) is 0 Å². The number of aryl methyl sites for hydroxylation is 1. The van der Waals surface area contributed by atoms with Crippen LogP contribution < -0.4 is 4.72 Å². The van der Waals surface area contributed by atoms with Gasteiger partial charge in [0.25, 0.3) is 10.0 Å². The Morgan fingerprint density at radius 2 is 2.21 bits per heavy atom. The molecule has 0 atom stereocenters. The third kappa shape index (κ3) is 3.29. The molecule has 0 fully saturated rings. The highest BCUT2D eigenvalue weighted by Crippen LogP contribution is 2.24. The molecule has 0 aliphatic heterocycles. The molecule has 19 heavy (non-hydrogen) atoms. The maximum Gasteiger partial charge on any atom is 0.329 e. The second-order valence-electron chi connectivity index (χ2n) is 3.52. The molecule has 0 unspecified atom stereocenters. The van der Waals surface area contributed by atoms with Crippen LogP contribution in [0.4, 0.5) is 6.01 Å². The number of rotatable bonds is 5. The van der Waals surface area contributed by atoms with Gasteiger partial charge in [-0.15, -0.1) is 16.4 Å². The Hall–Kier alpha value is -1.94. The van der Waals surface area contributed by atoms with E-state index in [0.29, 0.717) is 4.88 Å². The van der Waals surface area contributed by atoms with Crippen molar-refractivity contribution in [3.63, 3.8) is 0 Å². The Balaban J connectivity index is 2.19. The van der Waals surface area contributed by atoms with Crippen LogP contribution in [0.2, 0.25) is 0 Å². The number of hydrogen-bond acceptors (Lipinski definition) is 7. The van der Waals surface area contributed by atoms with Crippen LogP contribution in [0.5, 0.6) is 0 Å². The van der Waals surface area contributed by atoms with Crippen LogP contribution in [0.1, 0.15) is 10.8 Å². The van der Waals surface area contributed by atoms with E-state index < -0.39 is 16.0 Å². The molecule has 2 heterocycles. The lowest BCUT2D eigenvalue weighted by Gasteiger charge is -1.99. The first kappa shape index (κ1) is 13.5. The summed E-state index contributed by atoms with van der Waals surface area (Å²) in [5.74, 6) is -0.790. The van der Waals surface area contributed by atoms with Gasteiger partial charge in [0.1, 0.15) is 4.21 Å². The van der Waals surface area contributed by atoms with Gasteiger partial charge in [0.2, 0.25) is 5.89 Å². The molecule has 10 heteroatoms. The van der Waals surface area contributed by atoms with Crippen molar-refractivity contribution in [2.24, 2.45) is 0 Å². The molecule has 0 saturated heterocycles. The highest BCUT2D eigenvalue weighted by molar-refractivity contribution is 7.94. The fourth-order valence-electron chi connectivity index (χ4n) is 1.25. The number of carboxylic acid groups (broad SMARTS) is 1. The van der Waals surface area contributed by atoms with E-state index >= 15 is 0 Å². The van der Waals surface area contributed by atoms with E-state index in [0.717, 1.165) is 11.3 Å². The molecular weight excluding hydrogens is 294 g/mol. The van der Waals surface area contributed by atoms with Crippen molar-refractivity contribution in [1.29, 1.82) is 0 Å². The lowest BCUT2D eigenvalue weighted by atomic mass is 10.3. The van der Waals surface area contributed by atoms with Gasteiger partial charge in [-0.05, 0) is 12.1 Å². The van der Waals surface area contributed by atoms with Gasteiger partial charge < -0.3 is 9.52 Å². The van der Waals surface area contributed by atoms with Gasteiger partial charge in [-0.25, -0.2) is 13.1 Å². The van der Waals surface area contributed by atoms with Gasteiger partial charge >= 0.3 is 12.0 Å². The Morgan fingerprint density at radius 3 is 2.79 bits per heavy atom. The van der Waals surface area contributed by atoms with Gasteiger partial charge in [-0.3, -0.25) is 4.79 Å². The van der Waals surface area contributed by atoms with Gasteiger partial charge in [0.05, 0.1) is 6.42 Å². The number of aliphatic carboxylic acids is 1. The number of carboxylic acids is 1. The first-order valence-electron chi connectivity index (χ1n) is 5.00. The Morgan fingerprint density at radius 1 is 1.47 bits per heavy atom. The second-order valence-corrected chi connectivity index (χ2v) is 6.60. The topological polar surface area (TPSA) is 122 Å². The summed E-state index contributed by atoms with van der Waals surface area (Å²) in [6, 6.07) is 2.55. The van der Waals surface area contributed by atoms with Crippen LogP contribution in [-0.2, 0) is 21.2 Å². The average Bonchev–Trinajstić information content (AvgIpc) is 2.87. The molecule has 0 saturated carbocycles. The molecule has 8 nitrogen and oxygen atoms in total. The normalized spacial score (nSPS) is 11.4. The Labute approximate surface area is 112 Å². The summed E-state index contributed by atoms with van der Waals surface area (Å²) in [6.45, 7) is 1.53. The third-order valence-electron chi connectivity index (χ3n) is 1.98. The van der Waals surface area contributed by atoms with Crippen molar-refractivity contribution in [2.45, 2.75) is 17.6 Å². The average molecular weight is 303 g/mol. The lowest BCUT2D eigenvalue weighted by Crippen LogP contribution is -2.11. The molecule has 0 amide bonds. The number of sulfonamides is 1. The number of nitrogens with zero attached hydrogens (tertiary/aromatic N) is 2. The van der Waals surface area contributed by atoms with Crippen molar-refractivity contribution in [1.82, 2.24) is 10.2 Å². The standard InChI is InChI=1S/C9H9N3O5S2/c1-5-10-11-9(17-5)12-19(15,16)8-3-2-6(18-8)4-7(13)14/h2-3H,4H2,1H3,(H,11,12)(H,13,14). The second kappa shape index (κ2) is 4.97. The summed E-state index contributed by atoms with van der Waals surface area (Å²) in [6.07, 6.45) is -0.222. The number of hydrogen-bond donors (Lipinski definition) is 2. The summed E-state index contributed by atoms with van der Waals surface area (Å²) in [7, 11) is -3.84. The number of nitrogens with one attached hydrogen (secondary N) is 1. The molecule has 0 aliphatic rings. The van der Waals surface area contributed by atoms with E-state index in [9.17, 15) is 13.2 Å². The van der Waals surface area contributed by atoms with Crippen molar-refractivity contribution in [2.75, 3.05) is 4.72 Å². The molecule has 102 valence electrons. The quantitative estimate of drug-likeness (QED) is 0.840. The van der Waals surface area contributed by atoms with Gasteiger partial charge in [-0.1, -0.05) is 5.10 Å². The molecule has 0 spiro atoms. The fraction of sp³-hybridized carbons (Fsp3) is 0.222. The predicted octanol–water partition coefficient (Wildman–Crippen LogP) is 0.867. The van der Waals surface area contributed by atoms with E-state index in [2.05, 4.69) is 14.9 Å². The number of anilines is 1. The molecule has 0 radical (unpaired) electrons. The highest BCUT2D eigenvalue weighted by Gasteiger charge is 2.20.